The Labute approximate surface area is 207 Å². The van der Waals surface area contributed by atoms with Gasteiger partial charge in [-0.1, -0.05) is 36.7 Å². The van der Waals surface area contributed by atoms with Gasteiger partial charge in [-0.05, 0) is 37.5 Å². The number of rotatable bonds is 9. The number of anilines is 1. The first-order chi connectivity index (χ1) is 16.5. The SMILES string of the molecule is CCn1c(SCC(=O)Nc2scc(-c3ccc(OC)cc3)c2C(=O)OC)nnc1C1CCCC1. The Morgan fingerprint density at radius 2 is 1.91 bits per heavy atom. The number of benzene rings is 1. The first-order valence-corrected chi connectivity index (χ1v) is 13.1. The maximum absolute atomic E-state index is 12.8. The lowest BCUT2D eigenvalue weighted by Gasteiger charge is -2.11. The van der Waals surface area contributed by atoms with Crippen LogP contribution < -0.4 is 10.1 Å². The van der Waals surface area contributed by atoms with Crippen molar-refractivity contribution in [2.75, 3.05) is 25.3 Å². The third-order valence-corrected chi connectivity index (χ3v) is 7.81. The minimum absolute atomic E-state index is 0.166. The van der Waals surface area contributed by atoms with Crippen molar-refractivity contribution in [1.29, 1.82) is 0 Å². The Kier molecular flexibility index (Phi) is 7.89. The number of carbonyl (C=O) groups is 2. The van der Waals surface area contributed by atoms with Crippen molar-refractivity contribution in [3.05, 3.63) is 41.0 Å². The van der Waals surface area contributed by atoms with Crippen LogP contribution in [0.15, 0.2) is 34.8 Å². The number of methoxy groups -OCH3 is 2. The minimum Gasteiger partial charge on any atom is -0.497 e. The van der Waals surface area contributed by atoms with Crippen LogP contribution in [0.1, 0.15) is 54.7 Å². The zero-order valence-electron chi connectivity index (χ0n) is 19.5. The number of ether oxygens (including phenoxy) is 2. The topological polar surface area (TPSA) is 95.3 Å². The Hall–Kier alpha value is -2.85. The molecule has 1 aliphatic carbocycles. The predicted molar refractivity (Wildman–Crippen MR) is 134 cm³/mol. The van der Waals surface area contributed by atoms with Crippen molar-refractivity contribution in [1.82, 2.24) is 14.8 Å². The second-order valence-electron chi connectivity index (χ2n) is 7.98. The van der Waals surface area contributed by atoms with Crippen LogP contribution in [0.2, 0.25) is 0 Å². The molecule has 34 heavy (non-hydrogen) atoms. The lowest BCUT2D eigenvalue weighted by molar-refractivity contribution is -0.113. The van der Waals surface area contributed by atoms with Crippen molar-refractivity contribution in [3.8, 4) is 16.9 Å². The average molecular weight is 501 g/mol. The van der Waals surface area contributed by atoms with Crippen LogP contribution in [0.5, 0.6) is 5.75 Å². The standard InChI is InChI=1S/C24H28N4O4S2/c1-4-28-21(16-7-5-6-8-16)26-27-24(28)34-14-19(29)25-22-20(23(30)32-3)18(13-33-22)15-9-11-17(31-2)12-10-15/h9-13,16H,4-8,14H2,1-3H3,(H,25,29). The maximum atomic E-state index is 12.8. The molecule has 1 N–H and O–H groups in total. The summed E-state index contributed by atoms with van der Waals surface area (Å²) in [5, 5.41) is 14.7. The van der Waals surface area contributed by atoms with E-state index in [2.05, 4.69) is 27.0 Å². The lowest BCUT2D eigenvalue weighted by Crippen LogP contribution is -2.16. The number of carbonyl (C=O) groups excluding carboxylic acids is 2. The molecule has 10 heteroatoms. The van der Waals surface area contributed by atoms with Gasteiger partial charge in [-0.2, -0.15) is 0 Å². The molecular weight excluding hydrogens is 472 g/mol. The minimum atomic E-state index is -0.498. The number of hydrogen-bond acceptors (Lipinski definition) is 8. The molecule has 2 heterocycles. The molecule has 4 rings (SSSR count). The highest BCUT2D eigenvalue weighted by molar-refractivity contribution is 7.99. The van der Waals surface area contributed by atoms with Crippen LogP contribution in [-0.4, -0.2) is 46.6 Å². The Bertz CT molecular complexity index is 1150. The monoisotopic (exact) mass is 500 g/mol. The lowest BCUT2D eigenvalue weighted by atomic mass is 10.0. The predicted octanol–water partition coefficient (Wildman–Crippen LogP) is 5.21. The summed E-state index contributed by atoms with van der Waals surface area (Å²) in [5.74, 6) is 1.66. The molecule has 0 aliphatic heterocycles. The van der Waals surface area contributed by atoms with Crippen LogP contribution in [0.3, 0.4) is 0 Å². The first-order valence-electron chi connectivity index (χ1n) is 11.3. The number of nitrogens with one attached hydrogen (secondary N) is 1. The van der Waals surface area contributed by atoms with Crippen molar-refractivity contribution >= 4 is 40.0 Å². The van der Waals surface area contributed by atoms with Gasteiger partial charge in [0, 0.05) is 23.4 Å². The number of thioether (sulfide) groups is 1. The van der Waals surface area contributed by atoms with E-state index >= 15 is 0 Å². The quantitative estimate of drug-likeness (QED) is 0.318. The highest BCUT2D eigenvalue weighted by Gasteiger charge is 2.25. The molecular formula is C24H28N4O4S2. The Morgan fingerprint density at radius 3 is 2.56 bits per heavy atom. The normalized spacial score (nSPS) is 13.7. The third kappa shape index (κ3) is 5.12. The van der Waals surface area contributed by atoms with Crippen molar-refractivity contribution < 1.29 is 19.1 Å². The summed E-state index contributed by atoms with van der Waals surface area (Å²) in [6, 6.07) is 7.39. The van der Waals surface area contributed by atoms with Crippen LogP contribution in [-0.2, 0) is 16.1 Å². The zero-order valence-corrected chi connectivity index (χ0v) is 21.1. The first kappa shape index (κ1) is 24.3. The number of nitrogens with zero attached hydrogens (tertiary/aromatic N) is 3. The fourth-order valence-electron chi connectivity index (χ4n) is 4.22. The van der Waals surface area contributed by atoms with E-state index in [4.69, 9.17) is 9.47 Å². The number of hydrogen-bond donors (Lipinski definition) is 1. The summed E-state index contributed by atoms with van der Waals surface area (Å²) in [7, 11) is 2.93. The molecule has 0 radical (unpaired) electrons. The molecule has 0 unspecified atom stereocenters. The van der Waals surface area contributed by atoms with Crippen molar-refractivity contribution in [2.24, 2.45) is 0 Å². The van der Waals surface area contributed by atoms with Gasteiger partial charge in [0.2, 0.25) is 5.91 Å². The summed E-state index contributed by atoms with van der Waals surface area (Å²) >= 11 is 2.65. The molecule has 1 aromatic carbocycles. The van der Waals surface area contributed by atoms with Gasteiger partial charge in [0.05, 0.1) is 20.0 Å². The number of thiophene rings is 1. The van der Waals surface area contributed by atoms with E-state index in [1.165, 1.54) is 43.1 Å². The molecule has 2 aromatic heterocycles. The fourth-order valence-corrected chi connectivity index (χ4v) is 6.00. The van der Waals surface area contributed by atoms with E-state index in [-0.39, 0.29) is 11.7 Å². The highest BCUT2D eigenvalue weighted by Crippen LogP contribution is 2.37. The molecule has 1 aliphatic rings. The molecule has 1 fully saturated rings. The van der Waals surface area contributed by atoms with E-state index in [9.17, 15) is 9.59 Å². The van der Waals surface area contributed by atoms with Crippen LogP contribution >= 0.6 is 23.1 Å². The van der Waals surface area contributed by atoms with Gasteiger partial charge in [0.25, 0.3) is 0 Å². The van der Waals surface area contributed by atoms with Gasteiger partial charge in [-0.25, -0.2) is 4.79 Å². The number of esters is 1. The van der Waals surface area contributed by atoms with Gasteiger partial charge >= 0.3 is 5.97 Å². The van der Waals surface area contributed by atoms with Gasteiger partial charge in [-0.15, -0.1) is 21.5 Å². The molecule has 0 spiro atoms. The Morgan fingerprint density at radius 1 is 1.18 bits per heavy atom. The summed E-state index contributed by atoms with van der Waals surface area (Å²) < 4.78 is 12.3. The average Bonchev–Trinajstić information content (AvgIpc) is 3.61. The van der Waals surface area contributed by atoms with Crippen molar-refractivity contribution in [2.45, 2.75) is 50.2 Å². The summed E-state index contributed by atoms with van der Waals surface area (Å²) in [4.78, 5) is 25.4. The molecule has 0 bridgehead atoms. The highest BCUT2D eigenvalue weighted by atomic mass is 32.2. The largest absolute Gasteiger partial charge is 0.497 e. The molecule has 1 amide bonds. The van der Waals surface area contributed by atoms with Gasteiger partial charge in [0.15, 0.2) is 5.16 Å². The van der Waals surface area contributed by atoms with E-state index in [1.54, 1.807) is 7.11 Å². The summed E-state index contributed by atoms with van der Waals surface area (Å²) in [6.45, 7) is 2.84. The van der Waals surface area contributed by atoms with Gasteiger partial charge in [0.1, 0.15) is 22.1 Å². The van der Waals surface area contributed by atoms with E-state index in [0.29, 0.717) is 22.0 Å². The van der Waals surface area contributed by atoms with E-state index in [0.717, 1.165) is 41.7 Å². The molecule has 8 nitrogen and oxygen atoms in total. The molecule has 3 aromatic rings. The van der Waals surface area contributed by atoms with Crippen LogP contribution in [0.25, 0.3) is 11.1 Å². The van der Waals surface area contributed by atoms with E-state index < -0.39 is 5.97 Å². The summed E-state index contributed by atoms with van der Waals surface area (Å²) in [5.41, 5.74) is 1.88. The summed E-state index contributed by atoms with van der Waals surface area (Å²) in [6.07, 6.45) is 4.75. The zero-order chi connectivity index (χ0) is 24.1. The van der Waals surface area contributed by atoms with Gasteiger partial charge in [-0.3, -0.25) is 4.79 Å². The second kappa shape index (κ2) is 11.1. The van der Waals surface area contributed by atoms with Gasteiger partial charge < -0.3 is 19.4 Å². The molecule has 1 saturated carbocycles. The van der Waals surface area contributed by atoms with Crippen LogP contribution in [0.4, 0.5) is 5.00 Å². The molecule has 0 atom stereocenters. The van der Waals surface area contributed by atoms with Crippen LogP contribution in [0, 0.1) is 0 Å². The maximum Gasteiger partial charge on any atom is 0.341 e. The third-order valence-electron chi connectivity index (χ3n) is 5.95. The fraction of sp³-hybridized carbons (Fsp3) is 0.417. The number of amides is 1. The molecule has 0 saturated heterocycles. The smallest absolute Gasteiger partial charge is 0.341 e. The second-order valence-corrected chi connectivity index (χ2v) is 9.80. The van der Waals surface area contributed by atoms with E-state index in [1.807, 2.05) is 29.6 Å². The molecule has 180 valence electrons. The number of aromatic nitrogens is 3. The van der Waals surface area contributed by atoms with Crippen molar-refractivity contribution in [3.63, 3.8) is 0 Å². The Balaban J connectivity index is 1.48.